The van der Waals surface area contributed by atoms with Crippen LogP contribution in [0.1, 0.15) is 61.7 Å². The fourth-order valence-electron chi connectivity index (χ4n) is 5.16. The van der Waals surface area contributed by atoms with Crippen LogP contribution in [0.5, 0.6) is 0 Å². The second-order valence-electron chi connectivity index (χ2n) is 11.5. The Bertz CT molecular complexity index is 1710. The van der Waals surface area contributed by atoms with E-state index in [2.05, 4.69) is 59.6 Å². The van der Waals surface area contributed by atoms with Gasteiger partial charge in [-0.2, -0.15) is 22.8 Å². The molecule has 1 fully saturated rings. The fourth-order valence-corrected chi connectivity index (χ4v) is 6.24. The summed E-state index contributed by atoms with van der Waals surface area (Å²) in [6.07, 6.45) is -0.772. The molecule has 1 aliphatic rings. The number of aromatic nitrogens is 5. The molecule has 0 unspecified atom stereocenters. The van der Waals surface area contributed by atoms with Crippen LogP contribution in [0.15, 0.2) is 36.7 Å². The average Bonchev–Trinajstić information content (AvgIpc) is 3.64. The molecule has 1 atom stereocenters. The summed E-state index contributed by atoms with van der Waals surface area (Å²) in [6.45, 7) is 4.55. The number of anilines is 1. The Labute approximate surface area is 264 Å². The van der Waals surface area contributed by atoms with Crippen molar-refractivity contribution in [1.82, 2.24) is 30.3 Å². The first-order valence-electron chi connectivity index (χ1n) is 13.5. The van der Waals surface area contributed by atoms with Gasteiger partial charge in [-0.1, -0.05) is 36.7 Å². The lowest BCUT2D eigenvalue weighted by Crippen LogP contribution is -2.35. The van der Waals surface area contributed by atoms with Crippen molar-refractivity contribution in [2.75, 3.05) is 18.9 Å². The minimum absolute atomic E-state index is 0.0482. The molecule has 5 rings (SSSR count). The molecular formula is C29H28ClF4IN8. The molecule has 4 aromatic rings. The molecule has 0 spiro atoms. The predicted molar refractivity (Wildman–Crippen MR) is 163 cm³/mol. The van der Waals surface area contributed by atoms with Gasteiger partial charge in [-0.3, -0.25) is 4.98 Å². The zero-order valence-corrected chi connectivity index (χ0v) is 26.4. The van der Waals surface area contributed by atoms with Crippen molar-refractivity contribution < 1.29 is 17.6 Å². The van der Waals surface area contributed by atoms with Crippen LogP contribution in [0.3, 0.4) is 0 Å². The molecule has 0 bridgehead atoms. The number of benzene rings is 1. The molecule has 1 aliphatic carbocycles. The molecule has 0 amide bonds. The van der Waals surface area contributed by atoms with Gasteiger partial charge < -0.3 is 10.6 Å². The Kier molecular flexibility index (Phi) is 8.58. The van der Waals surface area contributed by atoms with E-state index in [1.807, 2.05) is 19.9 Å². The van der Waals surface area contributed by atoms with Crippen LogP contribution in [0.25, 0.3) is 10.9 Å². The average molecular weight is 727 g/mol. The summed E-state index contributed by atoms with van der Waals surface area (Å²) in [5.41, 5.74) is 0.605. The molecule has 0 aliphatic heterocycles. The zero-order valence-electron chi connectivity index (χ0n) is 23.5. The lowest BCUT2D eigenvalue weighted by Gasteiger charge is -2.27. The highest BCUT2D eigenvalue weighted by molar-refractivity contribution is 14.1. The van der Waals surface area contributed by atoms with E-state index in [-0.39, 0.29) is 24.0 Å². The third kappa shape index (κ3) is 6.28. The van der Waals surface area contributed by atoms with Crippen LogP contribution in [-0.4, -0.2) is 44.7 Å². The second kappa shape index (κ2) is 11.8. The minimum atomic E-state index is -4.43. The molecule has 14 heteroatoms. The van der Waals surface area contributed by atoms with Crippen LogP contribution in [0.4, 0.5) is 23.2 Å². The number of alkyl halides is 3. The highest BCUT2D eigenvalue weighted by Gasteiger charge is 2.66. The van der Waals surface area contributed by atoms with E-state index in [0.717, 1.165) is 13.6 Å². The summed E-state index contributed by atoms with van der Waals surface area (Å²) in [6, 6.07) is 8.07. The number of hydrogen-bond acceptors (Lipinski definition) is 7. The topological polar surface area (TPSA) is 104 Å². The smallest absolute Gasteiger partial charge is 0.383 e. The molecule has 0 saturated heterocycles. The molecule has 3 aromatic heterocycles. The van der Waals surface area contributed by atoms with Crippen LogP contribution in [0.2, 0.25) is 5.02 Å². The molecule has 8 nitrogen and oxygen atoms in total. The number of rotatable bonds is 10. The minimum Gasteiger partial charge on any atom is -0.383 e. The normalized spacial score (nSPS) is 15.3. The van der Waals surface area contributed by atoms with Gasteiger partial charge in [0.25, 0.3) is 0 Å². The number of nitrogens with zero attached hydrogens (tertiary/aromatic N) is 6. The molecular weight excluding hydrogens is 699 g/mol. The maximum absolute atomic E-state index is 14.4. The Hall–Kier alpha value is -3.09. The first kappa shape index (κ1) is 31.3. The van der Waals surface area contributed by atoms with Gasteiger partial charge >= 0.3 is 6.18 Å². The van der Waals surface area contributed by atoms with Crippen molar-refractivity contribution in [3.8, 4) is 6.07 Å². The van der Waals surface area contributed by atoms with Gasteiger partial charge in [0, 0.05) is 27.4 Å². The SMILES string of the molecule is CN[C@H](c1cn(C2(C(F)(F)F)CC2)nn1)c1ccc(F)nc1CCC(C)(C)CNc1c(C#N)cnc2c(Cl)cc(I)cc12. The maximum atomic E-state index is 14.4. The van der Waals surface area contributed by atoms with Crippen molar-refractivity contribution in [2.45, 2.75) is 57.3 Å². The molecule has 1 aromatic carbocycles. The van der Waals surface area contributed by atoms with E-state index >= 15 is 0 Å². The lowest BCUT2D eigenvalue weighted by atomic mass is 9.85. The van der Waals surface area contributed by atoms with Gasteiger partial charge in [-0.25, -0.2) is 9.67 Å². The van der Waals surface area contributed by atoms with Crippen LogP contribution in [0, 0.1) is 26.3 Å². The van der Waals surface area contributed by atoms with Gasteiger partial charge in [0.1, 0.15) is 11.8 Å². The van der Waals surface area contributed by atoms with Gasteiger partial charge in [-0.05, 0) is 84.5 Å². The third-order valence-electron chi connectivity index (χ3n) is 7.86. The van der Waals surface area contributed by atoms with Crippen LogP contribution in [-0.2, 0) is 12.0 Å². The standard InChI is InChI=1S/C29H28ClF4IN8/c1-27(2,15-39-24-16(12-36)13-38-25-19(24)10-17(35)11-20(25)30)7-6-21-18(4-5-23(31)40-21)26(37-3)22-14-43(42-41-22)28(8-9-28)29(32,33)34/h4-5,10-11,13-14,26,37H,6-9,15H2,1-3H3,(H,38,39)/t26-/m0/s1. The van der Waals surface area contributed by atoms with E-state index in [1.165, 1.54) is 18.5 Å². The summed E-state index contributed by atoms with van der Waals surface area (Å²) in [7, 11) is 1.65. The van der Waals surface area contributed by atoms with E-state index < -0.39 is 23.7 Å². The monoisotopic (exact) mass is 726 g/mol. The highest BCUT2D eigenvalue weighted by atomic mass is 127. The van der Waals surface area contributed by atoms with Crippen molar-refractivity contribution in [1.29, 1.82) is 5.26 Å². The third-order valence-corrected chi connectivity index (χ3v) is 8.78. The summed E-state index contributed by atoms with van der Waals surface area (Å²) >= 11 is 8.58. The fraction of sp³-hybridized carbons (Fsp3) is 0.414. The quantitative estimate of drug-likeness (QED) is 0.104. The Morgan fingerprint density at radius 2 is 1.98 bits per heavy atom. The largest absolute Gasteiger partial charge is 0.413 e. The van der Waals surface area contributed by atoms with Crippen molar-refractivity contribution in [3.63, 3.8) is 0 Å². The zero-order chi connectivity index (χ0) is 31.2. The van der Waals surface area contributed by atoms with Gasteiger partial charge in [0.2, 0.25) is 5.95 Å². The van der Waals surface area contributed by atoms with Gasteiger partial charge in [-0.15, -0.1) is 5.10 Å². The van der Waals surface area contributed by atoms with Crippen LogP contribution >= 0.6 is 34.2 Å². The number of halogens is 6. The molecule has 2 N–H and O–H groups in total. The number of nitrogens with one attached hydrogen (secondary N) is 2. The van der Waals surface area contributed by atoms with E-state index in [1.54, 1.807) is 19.2 Å². The maximum Gasteiger partial charge on any atom is 0.413 e. The van der Waals surface area contributed by atoms with E-state index in [9.17, 15) is 22.8 Å². The Morgan fingerprint density at radius 3 is 2.63 bits per heavy atom. The van der Waals surface area contributed by atoms with Crippen molar-refractivity contribution in [2.24, 2.45) is 5.41 Å². The molecule has 226 valence electrons. The molecule has 3 heterocycles. The summed E-state index contributed by atoms with van der Waals surface area (Å²) < 4.78 is 57.1. The molecule has 0 radical (unpaired) electrons. The lowest BCUT2D eigenvalue weighted by molar-refractivity contribution is -0.182. The molecule has 1 saturated carbocycles. The number of fused-ring (bicyclic) bond motifs is 1. The number of hydrogen-bond donors (Lipinski definition) is 2. The first-order chi connectivity index (χ1) is 20.3. The second-order valence-corrected chi connectivity index (χ2v) is 13.1. The highest BCUT2D eigenvalue weighted by Crippen LogP contribution is 2.55. The number of aryl methyl sites for hydroxylation is 1. The first-order valence-corrected chi connectivity index (χ1v) is 15.0. The Balaban J connectivity index is 1.36. The van der Waals surface area contributed by atoms with Crippen molar-refractivity contribution in [3.05, 3.63) is 73.7 Å². The Morgan fingerprint density at radius 1 is 1.23 bits per heavy atom. The summed E-state index contributed by atoms with van der Waals surface area (Å²) in [5, 5.41) is 25.3. The van der Waals surface area contributed by atoms with Crippen molar-refractivity contribution >= 4 is 50.8 Å². The van der Waals surface area contributed by atoms with Gasteiger partial charge in [0.05, 0.1) is 34.0 Å². The van der Waals surface area contributed by atoms with Gasteiger partial charge in [0.15, 0.2) is 5.54 Å². The van der Waals surface area contributed by atoms with E-state index in [0.29, 0.717) is 52.4 Å². The number of nitriles is 1. The summed E-state index contributed by atoms with van der Waals surface area (Å²) in [4.78, 5) is 8.51. The number of pyridine rings is 2. The summed E-state index contributed by atoms with van der Waals surface area (Å²) in [5.74, 6) is -0.657. The molecule has 43 heavy (non-hydrogen) atoms. The van der Waals surface area contributed by atoms with E-state index in [4.69, 9.17) is 11.6 Å². The van der Waals surface area contributed by atoms with Crippen LogP contribution < -0.4 is 10.6 Å². The predicted octanol–water partition coefficient (Wildman–Crippen LogP) is 6.92.